The second kappa shape index (κ2) is 8.10. The number of aromatic nitrogens is 1. The van der Waals surface area contributed by atoms with Crippen LogP contribution in [-0.2, 0) is 11.3 Å². The lowest BCUT2D eigenvalue weighted by molar-refractivity contribution is -0.115. The standard InChI is InChI=1S/C20H15ClN2OS3/c21-14-5-7-15(8-6-14)26-10-9-23-12-13(16-3-1-2-4-17(16)23)11-18-19(24)22-20(25)27-18/h1-8,11-12H,9-10H2,(H,22,24,25)/b18-11+. The van der Waals surface area contributed by atoms with Crippen molar-refractivity contribution >= 4 is 74.5 Å². The number of aryl methyl sites for hydroxylation is 1. The molecule has 1 aromatic heterocycles. The Balaban J connectivity index is 1.56. The third-order valence-corrected chi connectivity index (χ3v) is 6.57. The molecule has 3 aromatic rings. The number of hydrogen-bond donors (Lipinski definition) is 1. The maximum absolute atomic E-state index is 12.0. The van der Waals surface area contributed by atoms with Gasteiger partial charge in [-0.2, -0.15) is 0 Å². The first-order chi connectivity index (χ1) is 13.1. The maximum Gasteiger partial charge on any atom is 0.263 e. The van der Waals surface area contributed by atoms with E-state index in [0.717, 1.165) is 33.8 Å². The van der Waals surface area contributed by atoms with Gasteiger partial charge in [-0.1, -0.05) is 53.8 Å². The Labute approximate surface area is 176 Å². The van der Waals surface area contributed by atoms with Crippen molar-refractivity contribution in [3.63, 3.8) is 0 Å². The highest BCUT2D eigenvalue weighted by Crippen LogP contribution is 2.30. The zero-order valence-electron chi connectivity index (χ0n) is 14.1. The lowest BCUT2D eigenvalue weighted by atomic mass is 10.1. The molecule has 1 amide bonds. The zero-order chi connectivity index (χ0) is 18.8. The molecule has 27 heavy (non-hydrogen) atoms. The number of hydrogen-bond acceptors (Lipinski definition) is 4. The minimum atomic E-state index is -0.125. The van der Waals surface area contributed by atoms with E-state index in [0.29, 0.717) is 9.23 Å². The van der Waals surface area contributed by atoms with Crippen molar-refractivity contribution in [1.82, 2.24) is 9.88 Å². The number of amides is 1. The lowest BCUT2D eigenvalue weighted by Gasteiger charge is -2.05. The molecule has 0 spiro atoms. The monoisotopic (exact) mass is 430 g/mol. The highest BCUT2D eigenvalue weighted by atomic mass is 35.5. The molecule has 1 fully saturated rings. The van der Waals surface area contributed by atoms with Gasteiger partial charge in [-0.3, -0.25) is 4.79 Å². The SMILES string of the molecule is O=C1NC(=S)S/C1=C/c1cn(CCSc2ccc(Cl)cc2)c2ccccc12. The van der Waals surface area contributed by atoms with Crippen LogP contribution in [0.2, 0.25) is 5.02 Å². The second-order valence-corrected chi connectivity index (χ2v) is 9.27. The number of rotatable bonds is 5. The first-order valence-corrected chi connectivity index (χ1v) is 10.9. The van der Waals surface area contributed by atoms with Gasteiger partial charge in [0.2, 0.25) is 0 Å². The smallest absolute Gasteiger partial charge is 0.263 e. The van der Waals surface area contributed by atoms with E-state index in [2.05, 4.69) is 28.2 Å². The van der Waals surface area contributed by atoms with Gasteiger partial charge in [0, 0.05) is 44.9 Å². The third kappa shape index (κ3) is 4.24. The summed E-state index contributed by atoms with van der Waals surface area (Å²) in [7, 11) is 0. The molecule has 0 aliphatic carbocycles. The van der Waals surface area contributed by atoms with Gasteiger partial charge >= 0.3 is 0 Å². The molecule has 2 aromatic carbocycles. The third-order valence-electron chi connectivity index (χ3n) is 4.16. The van der Waals surface area contributed by atoms with Crippen molar-refractivity contribution in [2.75, 3.05) is 5.75 Å². The molecule has 0 radical (unpaired) electrons. The minimum Gasteiger partial charge on any atom is -0.346 e. The first-order valence-electron chi connectivity index (χ1n) is 8.31. The van der Waals surface area contributed by atoms with Crippen LogP contribution in [0, 0.1) is 0 Å². The molecule has 1 saturated heterocycles. The molecule has 1 aliphatic rings. The Bertz CT molecular complexity index is 1060. The molecule has 7 heteroatoms. The van der Waals surface area contributed by atoms with Gasteiger partial charge in [0.1, 0.15) is 4.32 Å². The Morgan fingerprint density at radius 2 is 1.96 bits per heavy atom. The number of nitrogens with one attached hydrogen (secondary N) is 1. The van der Waals surface area contributed by atoms with Crippen LogP contribution in [0.1, 0.15) is 5.56 Å². The number of nitrogens with zero attached hydrogens (tertiary/aromatic N) is 1. The number of benzene rings is 2. The summed E-state index contributed by atoms with van der Waals surface area (Å²) < 4.78 is 2.75. The summed E-state index contributed by atoms with van der Waals surface area (Å²) in [6.45, 7) is 0.870. The summed E-state index contributed by atoms with van der Waals surface area (Å²) in [5.74, 6) is 0.815. The maximum atomic E-state index is 12.0. The number of fused-ring (bicyclic) bond motifs is 1. The summed E-state index contributed by atoms with van der Waals surface area (Å²) >= 11 is 14.1. The van der Waals surface area contributed by atoms with Crippen LogP contribution >= 0.6 is 47.3 Å². The van der Waals surface area contributed by atoms with Crippen LogP contribution in [0.25, 0.3) is 17.0 Å². The Morgan fingerprint density at radius 1 is 1.19 bits per heavy atom. The molecular formula is C20H15ClN2OS3. The van der Waals surface area contributed by atoms with E-state index in [1.54, 1.807) is 11.8 Å². The molecule has 2 heterocycles. The van der Waals surface area contributed by atoms with Gasteiger partial charge in [-0.05, 0) is 36.4 Å². The van der Waals surface area contributed by atoms with Gasteiger partial charge in [0.05, 0.1) is 4.91 Å². The van der Waals surface area contributed by atoms with Gasteiger partial charge in [0.15, 0.2) is 0 Å². The van der Waals surface area contributed by atoms with E-state index in [4.69, 9.17) is 23.8 Å². The lowest BCUT2D eigenvalue weighted by Crippen LogP contribution is -2.17. The fourth-order valence-electron chi connectivity index (χ4n) is 2.93. The van der Waals surface area contributed by atoms with Crippen LogP contribution in [0.5, 0.6) is 0 Å². The summed E-state index contributed by atoms with van der Waals surface area (Å²) in [6.07, 6.45) is 4.03. The predicted molar refractivity (Wildman–Crippen MR) is 120 cm³/mol. The molecular weight excluding hydrogens is 416 g/mol. The highest BCUT2D eigenvalue weighted by Gasteiger charge is 2.22. The van der Waals surface area contributed by atoms with Crippen molar-refractivity contribution in [1.29, 1.82) is 0 Å². The van der Waals surface area contributed by atoms with Crippen molar-refractivity contribution in [2.24, 2.45) is 0 Å². The Hall–Kier alpha value is -1.73. The molecule has 4 rings (SSSR count). The average Bonchev–Trinajstić information content (AvgIpc) is 3.17. The van der Waals surface area contributed by atoms with Crippen molar-refractivity contribution in [3.05, 3.63) is 70.2 Å². The van der Waals surface area contributed by atoms with E-state index >= 15 is 0 Å². The molecule has 0 atom stereocenters. The van der Waals surface area contributed by atoms with E-state index in [1.165, 1.54) is 16.7 Å². The number of carbonyl (C=O) groups is 1. The number of thiocarbonyl (C=S) groups is 1. The molecule has 0 bridgehead atoms. The van der Waals surface area contributed by atoms with Crippen molar-refractivity contribution in [3.8, 4) is 0 Å². The highest BCUT2D eigenvalue weighted by molar-refractivity contribution is 8.26. The largest absolute Gasteiger partial charge is 0.346 e. The van der Waals surface area contributed by atoms with Crippen LogP contribution in [0.4, 0.5) is 0 Å². The van der Waals surface area contributed by atoms with Gasteiger partial charge < -0.3 is 9.88 Å². The summed E-state index contributed by atoms with van der Waals surface area (Å²) in [4.78, 5) is 13.8. The van der Waals surface area contributed by atoms with Crippen LogP contribution in [-0.4, -0.2) is 20.5 Å². The molecule has 1 N–H and O–H groups in total. The summed E-state index contributed by atoms with van der Waals surface area (Å²) in [5, 5.41) is 4.55. The van der Waals surface area contributed by atoms with Crippen molar-refractivity contribution in [2.45, 2.75) is 11.4 Å². The van der Waals surface area contributed by atoms with Crippen LogP contribution < -0.4 is 5.32 Å². The molecule has 0 saturated carbocycles. The Kier molecular flexibility index (Phi) is 5.59. The summed E-state index contributed by atoms with van der Waals surface area (Å²) in [6, 6.07) is 16.1. The fourth-order valence-corrected chi connectivity index (χ4v) is 4.94. The van der Waals surface area contributed by atoms with Crippen LogP contribution in [0.3, 0.4) is 0 Å². The van der Waals surface area contributed by atoms with E-state index in [-0.39, 0.29) is 5.91 Å². The molecule has 136 valence electrons. The molecule has 3 nitrogen and oxygen atoms in total. The van der Waals surface area contributed by atoms with E-state index in [1.807, 2.05) is 42.5 Å². The number of carbonyl (C=O) groups excluding carboxylic acids is 1. The topological polar surface area (TPSA) is 34.0 Å². The quantitative estimate of drug-likeness (QED) is 0.325. The second-order valence-electron chi connectivity index (χ2n) is 5.95. The number of thioether (sulfide) groups is 2. The Morgan fingerprint density at radius 3 is 2.70 bits per heavy atom. The number of para-hydroxylation sites is 1. The average molecular weight is 431 g/mol. The predicted octanol–water partition coefficient (Wildman–Crippen LogP) is 5.58. The summed E-state index contributed by atoms with van der Waals surface area (Å²) in [5.41, 5.74) is 2.19. The van der Waals surface area contributed by atoms with Gasteiger partial charge in [-0.25, -0.2) is 0 Å². The van der Waals surface area contributed by atoms with Crippen LogP contribution in [0.15, 0.2) is 64.5 Å². The molecule has 0 unspecified atom stereocenters. The van der Waals surface area contributed by atoms with E-state index in [9.17, 15) is 4.79 Å². The zero-order valence-corrected chi connectivity index (χ0v) is 17.4. The number of halogens is 1. The molecule has 1 aliphatic heterocycles. The minimum absolute atomic E-state index is 0.125. The van der Waals surface area contributed by atoms with E-state index < -0.39 is 0 Å². The normalized spacial score (nSPS) is 15.7. The van der Waals surface area contributed by atoms with Crippen molar-refractivity contribution < 1.29 is 4.79 Å². The fraction of sp³-hybridized carbons (Fsp3) is 0.100. The van der Waals surface area contributed by atoms with Gasteiger partial charge in [0.25, 0.3) is 5.91 Å². The van der Waals surface area contributed by atoms with Gasteiger partial charge in [-0.15, -0.1) is 11.8 Å². The first kappa shape index (κ1) is 18.6.